The molecule has 0 heterocycles. The molecule has 0 aliphatic rings. The summed E-state index contributed by atoms with van der Waals surface area (Å²) in [4.78, 5) is 0. The quantitative estimate of drug-likeness (QED) is 0.545. The summed E-state index contributed by atoms with van der Waals surface area (Å²) in [6, 6.07) is 0. The molecule has 0 saturated heterocycles. The third-order valence-electron chi connectivity index (χ3n) is 3.09. The van der Waals surface area contributed by atoms with Crippen LogP contribution in [0.15, 0.2) is 0 Å². The van der Waals surface area contributed by atoms with Gasteiger partial charge in [-0.15, -0.1) is 0 Å². The highest BCUT2D eigenvalue weighted by atomic mass is 28.4. The molecule has 0 aromatic heterocycles. The predicted molar refractivity (Wildman–Crippen MR) is 66.3 cm³/mol. The van der Waals surface area contributed by atoms with E-state index in [-0.39, 0.29) is 0 Å². The van der Waals surface area contributed by atoms with Crippen LogP contribution in [0.5, 0.6) is 0 Å². The molecular weight excluding hydrogens is 190 g/mol. The second-order valence-electron chi connectivity index (χ2n) is 5.42. The van der Waals surface area contributed by atoms with Crippen LogP contribution in [0.2, 0.25) is 18.1 Å². The number of rotatable bonds is 6. The number of unbranched alkanes of at least 4 members (excludes halogenated alkanes) is 1. The second kappa shape index (κ2) is 5.88. The Labute approximate surface area is 90.6 Å². The van der Waals surface area contributed by atoms with Gasteiger partial charge in [-0.1, -0.05) is 20.8 Å². The van der Waals surface area contributed by atoms with Crippen molar-refractivity contribution >= 4 is 8.32 Å². The van der Waals surface area contributed by atoms with Gasteiger partial charge in [-0.05, 0) is 44.6 Å². The summed E-state index contributed by atoms with van der Waals surface area (Å²) < 4.78 is 6.05. The minimum Gasteiger partial charge on any atom is -0.417 e. The zero-order chi connectivity index (χ0) is 11.2. The third-order valence-corrected chi connectivity index (χ3v) is 7.63. The van der Waals surface area contributed by atoms with Crippen molar-refractivity contribution in [3.63, 3.8) is 0 Å². The molecule has 0 aliphatic heterocycles. The summed E-state index contributed by atoms with van der Waals surface area (Å²) in [5, 5.41) is 3.49. The molecule has 0 radical (unpaired) electrons. The second-order valence-corrected chi connectivity index (χ2v) is 10.2. The first-order valence-corrected chi connectivity index (χ1v) is 8.50. The fraction of sp³-hybridized carbons (Fsp3) is 1.00. The van der Waals surface area contributed by atoms with Gasteiger partial charge in [0.2, 0.25) is 0 Å². The zero-order valence-corrected chi connectivity index (χ0v) is 11.7. The van der Waals surface area contributed by atoms with Gasteiger partial charge in [0.1, 0.15) is 0 Å². The van der Waals surface area contributed by atoms with Gasteiger partial charge in [0.25, 0.3) is 0 Å². The van der Waals surface area contributed by atoms with Gasteiger partial charge in [-0.25, -0.2) is 0 Å². The van der Waals surface area contributed by atoms with E-state index in [0.717, 1.165) is 13.2 Å². The van der Waals surface area contributed by atoms with Crippen molar-refractivity contribution in [2.24, 2.45) is 0 Å². The van der Waals surface area contributed by atoms with Crippen molar-refractivity contribution in [3.05, 3.63) is 0 Å². The summed E-state index contributed by atoms with van der Waals surface area (Å²) >= 11 is 0. The Morgan fingerprint density at radius 1 is 1.14 bits per heavy atom. The van der Waals surface area contributed by atoms with Gasteiger partial charge in [0.05, 0.1) is 0 Å². The summed E-state index contributed by atoms with van der Waals surface area (Å²) in [5.41, 5.74) is 0. The van der Waals surface area contributed by atoms with Crippen molar-refractivity contribution in [2.45, 2.75) is 51.7 Å². The minimum absolute atomic E-state index is 0.343. The van der Waals surface area contributed by atoms with Crippen LogP contribution in [-0.2, 0) is 4.43 Å². The molecule has 3 heteroatoms. The molecule has 0 aromatic carbocycles. The lowest BCUT2D eigenvalue weighted by Gasteiger charge is -2.36. The van der Waals surface area contributed by atoms with E-state index < -0.39 is 8.32 Å². The molecule has 2 nitrogen and oxygen atoms in total. The first kappa shape index (κ1) is 14.1. The van der Waals surface area contributed by atoms with Crippen LogP contribution in [0, 0.1) is 0 Å². The summed E-state index contributed by atoms with van der Waals surface area (Å²) in [5.74, 6) is 0. The van der Waals surface area contributed by atoms with E-state index in [9.17, 15) is 0 Å². The zero-order valence-electron chi connectivity index (χ0n) is 10.7. The normalized spacial score (nSPS) is 13.3. The van der Waals surface area contributed by atoms with Crippen LogP contribution >= 0.6 is 0 Å². The van der Waals surface area contributed by atoms with Crippen LogP contribution in [0.3, 0.4) is 0 Å². The van der Waals surface area contributed by atoms with E-state index in [1.165, 1.54) is 12.8 Å². The van der Waals surface area contributed by atoms with Crippen LogP contribution in [0.1, 0.15) is 33.6 Å². The molecule has 0 unspecified atom stereocenters. The van der Waals surface area contributed by atoms with Crippen molar-refractivity contribution in [2.75, 3.05) is 20.2 Å². The Bertz CT molecular complexity index is 152. The summed E-state index contributed by atoms with van der Waals surface area (Å²) in [6.45, 7) is 13.5. The highest BCUT2D eigenvalue weighted by molar-refractivity contribution is 6.74. The van der Waals surface area contributed by atoms with E-state index in [1.54, 1.807) is 0 Å². The van der Waals surface area contributed by atoms with Gasteiger partial charge < -0.3 is 9.74 Å². The van der Waals surface area contributed by atoms with Gasteiger partial charge in [0, 0.05) is 6.61 Å². The standard InChI is InChI=1S/C11H27NOSi/c1-11(2,3)14(5,6)13-10-8-7-9-12-4/h12H,7-10H2,1-6H3. The van der Waals surface area contributed by atoms with Gasteiger partial charge in [0.15, 0.2) is 8.32 Å². The van der Waals surface area contributed by atoms with Crippen molar-refractivity contribution in [3.8, 4) is 0 Å². The fourth-order valence-electron chi connectivity index (χ4n) is 0.948. The molecule has 0 aliphatic carbocycles. The maximum atomic E-state index is 6.05. The summed E-state index contributed by atoms with van der Waals surface area (Å²) in [7, 11) is 0.509. The van der Waals surface area contributed by atoms with Crippen molar-refractivity contribution in [1.82, 2.24) is 5.32 Å². The molecule has 0 saturated carbocycles. The molecule has 0 bridgehead atoms. The Morgan fingerprint density at radius 2 is 1.71 bits per heavy atom. The minimum atomic E-state index is -1.49. The topological polar surface area (TPSA) is 21.3 Å². The molecule has 86 valence electrons. The smallest absolute Gasteiger partial charge is 0.191 e. The predicted octanol–water partition coefficient (Wildman–Crippen LogP) is 3.01. The maximum absolute atomic E-state index is 6.05. The average Bonchev–Trinajstić information content (AvgIpc) is 2.02. The fourth-order valence-corrected chi connectivity index (χ4v) is 2.04. The molecule has 0 amide bonds. The van der Waals surface area contributed by atoms with Crippen LogP contribution < -0.4 is 5.32 Å². The SMILES string of the molecule is CNCCCCO[Si](C)(C)C(C)(C)C. The Morgan fingerprint density at radius 3 is 2.14 bits per heavy atom. The van der Waals surface area contributed by atoms with Crippen LogP contribution in [-0.4, -0.2) is 28.5 Å². The highest BCUT2D eigenvalue weighted by Crippen LogP contribution is 2.36. The molecule has 0 rings (SSSR count). The van der Waals surface area contributed by atoms with Gasteiger partial charge in [-0.2, -0.15) is 0 Å². The number of nitrogens with one attached hydrogen (secondary N) is 1. The molecule has 0 fully saturated rings. The molecular formula is C11H27NOSi. The Balaban J connectivity index is 3.67. The van der Waals surface area contributed by atoms with Crippen molar-refractivity contribution in [1.29, 1.82) is 0 Å². The maximum Gasteiger partial charge on any atom is 0.191 e. The lowest BCUT2D eigenvalue weighted by atomic mass is 10.2. The van der Waals surface area contributed by atoms with Crippen molar-refractivity contribution < 1.29 is 4.43 Å². The molecule has 0 spiro atoms. The van der Waals surface area contributed by atoms with Crippen LogP contribution in [0.25, 0.3) is 0 Å². The van der Waals surface area contributed by atoms with Crippen LogP contribution in [0.4, 0.5) is 0 Å². The van der Waals surface area contributed by atoms with E-state index in [2.05, 4.69) is 39.2 Å². The van der Waals surface area contributed by atoms with E-state index in [4.69, 9.17) is 4.43 Å². The number of hydrogen-bond acceptors (Lipinski definition) is 2. The van der Waals surface area contributed by atoms with E-state index in [0.29, 0.717) is 5.04 Å². The third kappa shape index (κ3) is 5.13. The Hall–Kier alpha value is 0.137. The molecule has 0 atom stereocenters. The average molecular weight is 217 g/mol. The first-order valence-electron chi connectivity index (χ1n) is 5.60. The van der Waals surface area contributed by atoms with E-state index >= 15 is 0 Å². The van der Waals surface area contributed by atoms with Gasteiger partial charge in [-0.3, -0.25) is 0 Å². The lowest BCUT2D eigenvalue weighted by molar-refractivity contribution is 0.279. The lowest BCUT2D eigenvalue weighted by Crippen LogP contribution is -2.41. The van der Waals surface area contributed by atoms with Gasteiger partial charge >= 0.3 is 0 Å². The molecule has 14 heavy (non-hydrogen) atoms. The number of hydrogen-bond donors (Lipinski definition) is 1. The monoisotopic (exact) mass is 217 g/mol. The Kier molecular flexibility index (Phi) is 5.94. The first-order chi connectivity index (χ1) is 6.31. The largest absolute Gasteiger partial charge is 0.417 e. The summed E-state index contributed by atoms with van der Waals surface area (Å²) in [6.07, 6.45) is 2.39. The molecule has 1 N–H and O–H groups in total. The van der Waals surface area contributed by atoms with E-state index in [1.807, 2.05) is 7.05 Å². The molecule has 0 aromatic rings. The highest BCUT2D eigenvalue weighted by Gasteiger charge is 2.36.